The van der Waals surface area contributed by atoms with Crippen molar-refractivity contribution < 1.29 is 17.6 Å². The average Bonchev–Trinajstić information content (AvgIpc) is 2.87. The lowest BCUT2D eigenvalue weighted by Gasteiger charge is -2.20. The highest BCUT2D eigenvalue weighted by atomic mass is 32.2. The van der Waals surface area contributed by atoms with Crippen LogP contribution in [-0.2, 0) is 21.4 Å². The molecule has 0 aliphatic carbocycles. The number of nitrogens with one attached hydrogen (secondary N) is 1. The molecule has 1 rings (SSSR count). The van der Waals surface area contributed by atoms with Crippen molar-refractivity contribution in [3.8, 4) is 0 Å². The highest BCUT2D eigenvalue weighted by molar-refractivity contribution is 7.88. The molecule has 0 spiro atoms. The van der Waals surface area contributed by atoms with Crippen LogP contribution in [0.2, 0.25) is 0 Å². The van der Waals surface area contributed by atoms with Crippen LogP contribution in [-0.4, -0.2) is 38.0 Å². The Morgan fingerprint density at radius 3 is 2.62 bits per heavy atom. The summed E-state index contributed by atoms with van der Waals surface area (Å²) in [5.74, 6) is 0.898. The molecule has 1 heterocycles. The highest BCUT2D eigenvalue weighted by Gasteiger charge is 2.18. The Bertz CT molecular complexity index is 523. The third kappa shape index (κ3) is 7.29. The molecule has 0 aromatic carbocycles. The minimum Gasteiger partial charge on any atom is -0.467 e. The smallest absolute Gasteiger partial charge is 0.221 e. The number of rotatable bonds is 9. The second-order valence-electron chi connectivity index (χ2n) is 5.45. The molecular formula is C14H24N2O4S. The summed E-state index contributed by atoms with van der Waals surface area (Å²) in [6, 6.07) is 3.52. The Labute approximate surface area is 126 Å². The summed E-state index contributed by atoms with van der Waals surface area (Å²) in [6.45, 7) is 5.04. The van der Waals surface area contributed by atoms with Gasteiger partial charge in [-0.05, 0) is 24.5 Å². The van der Waals surface area contributed by atoms with Crippen LogP contribution in [0.25, 0.3) is 0 Å². The highest BCUT2D eigenvalue weighted by Crippen LogP contribution is 2.07. The first-order valence-electron chi connectivity index (χ1n) is 7.03. The number of carbonyl (C=O) groups excluding carboxylic acids is 1. The molecule has 0 aliphatic rings. The number of carbonyl (C=O) groups is 1. The van der Waals surface area contributed by atoms with Crippen molar-refractivity contribution in [2.45, 2.75) is 33.2 Å². The number of furan rings is 1. The van der Waals surface area contributed by atoms with Crippen molar-refractivity contribution in [3.05, 3.63) is 24.2 Å². The van der Waals surface area contributed by atoms with Crippen molar-refractivity contribution in [1.82, 2.24) is 9.62 Å². The maximum absolute atomic E-state index is 11.7. The van der Waals surface area contributed by atoms with Gasteiger partial charge in [0, 0.05) is 19.5 Å². The monoisotopic (exact) mass is 316 g/mol. The van der Waals surface area contributed by atoms with Gasteiger partial charge in [-0.1, -0.05) is 13.8 Å². The fourth-order valence-corrected chi connectivity index (χ4v) is 2.62. The summed E-state index contributed by atoms with van der Waals surface area (Å²) >= 11 is 0. The van der Waals surface area contributed by atoms with Gasteiger partial charge in [0.25, 0.3) is 0 Å². The van der Waals surface area contributed by atoms with Gasteiger partial charge >= 0.3 is 0 Å². The van der Waals surface area contributed by atoms with E-state index in [1.807, 2.05) is 13.8 Å². The second-order valence-corrected chi connectivity index (χ2v) is 7.43. The molecule has 1 aromatic heterocycles. The summed E-state index contributed by atoms with van der Waals surface area (Å²) in [7, 11) is -3.28. The molecule has 0 atom stereocenters. The zero-order chi connectivity index (χ0) is 15.9. The van der Waals surface area contributed by atoms with E-state index in [9.17, 15) is 13.2 Å². The van der Waals surface area contributed by atoms with Crippen LogP contribution in [0.1, 0.15) is 32.4 Å². The van der Waals surface area contributed by atoms with Crippen LogP contribution in [0, 0.1) is 5.92 Å². The molecule has 21 heavy (non-hydrogen) atoms. The Kier molecular flexibility index (Phi) is 6.91. The average molecular weight is 316 g/mol. The Hall–Kier alpha value is -1.34. The van der Waals surface area contributed by atoms with Gasteiger partial charge in [-0.3, -0.25) is 4.79 Å². The van der Waals surface area contributed by atoms with E-state index in [1.54, 1.807) is 18.4 Å². The lowest BCUT2D eigenvalue weighted by Crippen LogP contribution is -2.35. The van der Waals surface area contributed by atoms with Gasteiger partial charge in [0.15, 0.2) is 0 Å². The number of sulfonamides is 1. The quantitative estimate of drug-likeness (QED) is 0.750. The first-order chi connectivity index (χ1) is 9.79. The SMILES string of the molecule is CC(C)CCN(CCC(=O)NCc1ccco1)S(C)(=O)=O. The first-order valence-corrected chi connectivity index (χ1v) is 8.88. The molecule has 1 amide bonds. The minimum atomic E-state index is -3.28. The van der Waals surface area contributed by atoms with Crippen molar-refractivity contribution in [2.75, 3.05) is 19.3 Å². The summed E-state index contributed by atoms with van der Waals surface area (Å²) in [6.07, 6.45) is 3.64. The van der Waals surface area contributed by atoms with Crippen molar-refractivity contribution in [1.29, 1.82) is 0 Å². The van der Waals surface area contributed by atoms with Crippen LogP contribution < -0.4 is 5.32 Å². The van der Waals surface area contributed by atoms with Gasteiger partial charge in [0.05, 0.1) is 19.1 Å². The predicted molar refractivity (Wildman–Crippen MR) is 81.0 cm³/mol. The van der Waals surface area contributed by atoms with Gasteiger partial charge < -0.3 is 9.73 Å². The van der Waals surface area contributed by atoms with Crippen molar-refractivity contribution in [2.24, 2.45) is 5.92 Å². The molecule has 1 aromatic rings. The molecule has 7 heteroatoms. The van der Waals surface area contributed by atoms with E-state index in [1.165, 1.54) is 10.6 Å². The van der Waals surface area contributed by atoms with E-state index >= 15 is 0 Å². The van der Waals surface area contributed by atoms with Gasteiger partial charge in [0.1, 0.15) is 5.76 Å². The van der Waals surface area contributed by atoms with Crippen LogP contribution in [0.4, 0.5) is 0 Å². The Morgan fingerprint density at radius 2 is 2.10 bits per heavy atom. The van der Waals surface area contributed by atoms with E-state index in [4.69, 9.17) is 4.42 Å². The molecule has 0 aliphatic heterocycles. The van der Waals surface area contributed by atoms with Crippen molar-refractivity contribution >= 4 is 15.9 Å². The largest absolute Gasteiger partial charge is 0.467 e. The topological polar surface area (TPSA) is 79.6 Å². The molecule has 0 saturated heterocycles. The number of hydrogen-bond acceptors (Lipinski definition) is 4. The van der Waals surface area contributed by atoms with Crippen LogP contribution >= 0.6 is 0 Å². The molecular weight excluding hydrogens is 292 g/mol. The molecule has 0 radical (unpaired) electrons. The van der Waals surface area contributed by atoms with E-state index in [0.717, 1.165) is 6.42 Å². The molecule has 1 N–H and O–H groups in total. The van der Waals surface area contributed by atoms with E-state index in [2.05, 4.69) is 5.32 Å². The fourth-order valence-electron chi connectivity index (χ4n) is 1.76. The van der Waals surface area contributed by atoms with E-state index in [0.29, 0.717) is 24.8 Å². The Morgan fingerprint density at radius 1 is 1.38 bits per heavy atom. The molecule has 6 nitrogen and oxygen atoms in total. The minimum absolute atomic E-state index is 0.145. The molecule has 0 unspecified atom stereocenters. The maximum atomic E-state index is 11.7. The molecule has 0 fully saturated rings. The first kappa shape index (κ1) is 17.7. The predicted octanol–water partition coefficient (Wildman–Crippen LogP) is 1.59. The number of amides is 1. The van der Waals surface area contributed by atoms with Crippen molar-refractivity contribution in [3.63, 3.8) is 0 Å². The van der Waals surface area contributed by atoms with Gasteiger partial charge in [-0.25, -0.2) is 12.7 Å². The zero-order valence-corrected chi connectivity index (χ0v) is 13.6. The van der Waals surface area contributed by atoms with E-state index < -0.39 is 10.0 Å². The van der Waals surface area contributed by atoms with Gasteiger partial charge in [-0.15, -0.1) is 0 Å². The fraction of sp³-hybridized carbons (Fsp3) is 0.643. The van der Waals surface area contributed by atoms with Gasteiger partial charge in [0.2, 0.25) is 15.9 Å². The summed E-state index contributed by atoms with van der Waals surface area (Å²) < 4.78 is 29.8. The number of nitrogens with zero attached hydrogens (tertiary/aromatic N) is 1. The summed E-state index contributed by atoms with van der Waals surface area (Å²) in [4.78, 5) is 11.7. The molecule has 0 bridgehead atoms. The zero-order valence-electron chi connectivity index (χ0n) is 12.8. The van der Waals surface area contributed by atoms with Crippen LogP contribution in [0.15, 0.2) is 22.8 Å². The summed E-state index contributed by atoms with van der Waals surface area (Å²) in [5, 5.41) is 2.70. The lowest BCUT2D eigenvalue weighted by atomic mass is 10.1. The lowest BCUT2D eigenvalue weighted by molar-refractivity contribution is -0.121. The third-order valence-electron chi connectivity index (χ3n) is 3.05. The number of hydrogen-bond donors (Lipinski definition) is 1. The van der Waals surface area contributed by atoms with Crippen LogP contribution in [0.3, 0.4) is 0 Å². The molecule has 120 valence electrons. The Balaban J connectivity index is 2.39. The summed E-state index contributed by atoms with van der Waals surface area (Å²) in [5.41, 5.74) is 0. The normalized spacial score (nSPS) is 12.0. The second kappa shape index (κ2) is 8.19. The maximum Gasteiger partial charge on any atom is 0.221 e. The van der Waals surface area contributed by atoms with Crippen LogP contribution in [0.5, 0.6) is 0 Å². The molecule has 0 saturated carbocycles. The standard InChI is InChI=1S/C14H24N2O4S/c1-12(2)6-8-16(21(3,18)19)9-7-14(17)15-11-13-5-4-10-20-13/h4-5,10,12H,6-9,11H2,1-3H3,(H,15,17). The van der Waals surface area contributed by atoms with E-state index in [-0.39, 0.29) is 18.9 Å². The third-order valence-corrected chi connectivity index (χ3v) is 4.36. The van der Waals surface area contributed by atoms with Gasteiger partial charge in [-0.2, -0.15) is 0 Å².